The number of ether oxygens (including phenoxy) is 1. The molecule has 1 saturated carbocycles. The summed E-state index contributed by atoms with van der Waals surface area (Å²) >= 11 is 1.55. The number of fused-ring (bicyclic) bond motifs is 1. The number of hydrogen-bond acceptors (Lipinski definition) is 5. The molecule has 3 unspecified atom stereocenters. The van der Waals surface area contributed by atoms with Gasteiger partial charge in [0.05, 0.1) is 12.1 Å². The van der Waals surface area contributed by atoms with E-state index in [1.807, 2.05) is 12.3 Å². The molecular formula is C16H20N2O3S. The highest BCUT2D eigenvalue weighted by Gasteiger charge is 2.50. The summed E-state index contributed by atoms with van der Waals surface area (Å²) in [7, 11) is 1.40. The van der Waals surface area contributed by atoms with Crippen molar-refractivity contribution in [2.24, 2.45) is 5.92 Å². The Morgan fingerprint density at radius 2 is 2.41 bits per heavy atom. The fourth-order valence-corrected chi connectivity index (χ4v) is 4.17. The number of thiazole rings is 1. The van der Waals surface area contributed by atoms with Crippen molar-refractivity contribution in [3.8, 4) is 11.8 Å². The van der Waals surface area contributed by atoms with Gasteiger partial charge in [-0.2, -0.15) is 0 Å². The van der Waals surface area contributed by atoms with Gasteiger partial charge >= 0.3 is 6.09 Å². The SMILES string of the molecule is COC(=O)N1CCC2C1CCCC2(O)C#Cc1csc(C)n1. The second-order valence-electron chi connectivity index (χ2n) is 5.94. The summed E-state index contributed by atoms with van der Waals surface area (Å²) in [6.45, 7) is 2.56. The third-order valence-electron chi connectivity index (χ3n) is 4.65. The van der Waals surface area contributed by atoms with Crippen molar-refractivity contribution < 1.29 is 14.6 Å². The second kappa shape index (κ2) is 5.90. The summed E-state index contributed by atoms with van der Waals surface area (Å²) in [5.41, 5.74) is -0.329. The zero-order chi connectivity index (χ0) is 15.7. The van der Waals surface area contributed by atoms with E-state index in [-0.39, 0.29) is 18.1 Å². The van der Waals surface area contributed by atoms with Crippen molar-refractivity contribution >= 4 is 17.4 Å². The molecule has 1 amide bonds. The fraction of sp³-hybridized carbons (Fsp3) is 0.625. The number of aromatic nitrogens is 1. The van der Waals surface area contributed by atoms with Gasteiger partial charge in [-0.05, 0) is 38.5 Å². The monoisotopic (exact) mass is 320 g/mol. The summed E-state index contributed by atoms with van der Waals surface area (Å²) in [6, 6.07) is 0.0256. The molecule has 0 aromatic carbocycles. The van der Waals surface area contributed by atoms with Gasteiger partial charge in [-0.15, -0.1) is 11.3 Å². The first-order valence-corrected chi connectivity index (χ1v) is 8.44. The quantitative estimate of drug-likeness (QED) is 0.744. The third-order valence-corrected chi connectivity index (χ3v) is 5.43. The molecule has 2 fully saturated rings. The number of carbonyl (C=O) groups excluding carboxylic acids is 1. The maximum absolute atomic E-state index is 11.8. The molecule has 1 saturated heterocycles. The Morgan fingerprint density at radius 1 is 1.59 bits per heavy atom. The van der Waals surface area contributed by atoms with Gasteiger partial charge in [-0.1, -0.05) is 5.92 Å². The molecule has 2 aliphatic rings. The highest BCUT2D eigenvalue weighted by atomic mass is 32.1. The predicted molar refractivity (Wildman–Crippen MR) is 83.5 cm³/mol. The largest absolute Gasteiger partial charge is 0.453 e. The van der Waals surface area contributed by atoms with Crippen LogP contribution < -0.4 is 0 Å². The molecule has 22 heavy (non-hydrogen) atoms. The Bertz CT molecular complexity index is 633. The molecule has 6 heteroatoms. The van der Waals surface area contributed by atoms with Crippen molar-refractivity contribution in [3.63, 3.8) is 0 Å². The number of likely N-dealkylation sites (tertiary alicyclic amines) is 1. The Morgan fingerprint density at radius 3 is 3.09 bits per heavy atom. The number of hydrogen-bond donors (Lipinski definition) is 1. The average molecular weight is 320 g/mol. The summed E-state index contributed by atoms with van der Waals surface area (Å²) in [5.74, 6) is 6.05. The smallest absolute Gasteiger partial charge is 0.409 e. The molecular weight excluding hydrogens is 300 g/mol. The van der Waals surface area contributed by atoms with Gasteiger partial charge in [0.15, 0.2) is 0 Å². The summed E-state index contributed by atoms with van der Waals surface area (Å²) < 4.78 is 4.84. The van der Waals surface area contributed by atoms with E-state index in [4.69, 9.17) is 4.74 Å². The zero-order valence-electron chi connectivity index (χ0n) is 12.8. The molecule has 3 rings (SSSR count). The Balaban J connectivity index is 1.82. The van der Waals surface area contributed by atoms with Crippen molar-refractivity contribution in [1.82, 2.24) is 9.88 Å². The zero-order valence-corrected chi connectivity index (χ0v) is 13.7. The predicted octanol–water partition coefficient (Wildman–Crippen LogP) is 2.17. The van der Waals surface area contributed by atoms with E-state index in [9.17, 15) is 9.90 Å². The van der Waals surface area contributed by atoms with Gasteiger partial charge in [0.25, 0.3) is 0 Å². The second-order valence-corrected chi connectivity index (χ2v) is 7.01. The van der Waals surface area contributed by atoms with Gasteiger partial charge < -0.3 is 14.7 Å². The molecule has 118 valence electrons. The molecule has 0 bridgehead atoms. The minimum Gasteiger partial charge on any atom is -0.453 e. The normalized spacial score (nSPS) is 30.4. The molecule has 1 aromatic heterocycles. The number of aryl methyl sites for hydroxylation is 1. The number of methoxy groups -OCH3 is 1. The highest BCUT2D eigenvalue weighted by molar-refractivity contribution is 7.09. The van der Waals surface area contributed by atoms with Crippen LogP contribution in [0.2, 0.25) is 0 Å². The topological polar surface area (TPSA) is 62.7 Å². The summed E-state index contributed by atoms with van der Waals surface area (Å²) in [4.78, 5) is 17.9. The van der Waals surface area contributed by atoms with Crippen molar-refractivity contribution in [3.05, 3.63) is 16.1 Å². The van der Waals surface area contributed by atoms with E-state index < -0.39 is 5.60 Å². The van der Waals surface area contributed by atoms with E-state index in [0.29, 0.717) is 18.7 Å². The van der Waals surface area contributed by atoms with Gasteiger partial charge in [-0.25, -0.2) is 9.78 Å². The van der Waals surface area contributed by atoms with Crippen LogP contribution in [0.3, 0.4) is 0 Å². The van der Waals surface area contributed by atoms with Crippen molar-refractivity contribution in [2.45, 2.75) is 44.2 Å². The van der Waals surface area contributed by atoms with E-state index in [1.165, 1.54) is 7.11 Å². The molecule has 1 aliphatic heterocycles. The molecule has 0 radical (unpaired) electrons. The number of nitrogens with zero attached hydrogens (tertiary/aromatic N) is 2. The van der Waals surface area contributed by atoms with Gasteiger partial charge in [0, 0.05) is 23.9 Å². The van der Waals surface area contributed by atoms with Crippen LogP contribution in [0.4, 0.5) is 4.79 Å². The van der Waals surface area contributed by atoms with Crippen molar-refractivity contribution in [2.75, 3.05) is 13.7 Å². The van der Waals surface area contributed by atoms with Crippen LogP contribution in [0.25, 0.3) is 0 Å². The Hall–Kier alpha value is -1.58. The number of aliphatic hydroxyl groups is 1. The standard InChI is InChI=1S/C16H20N2O3S/c1-11-17-12(10-22-11)5-8-16(20)7-3-4-14-13(16)6-9-18(14)15(19)21-2/h10,13-14,20H,3-4,6-7,9H2,1-2H3. The first-order chi connectivity index (χ1) is 10.5. The van der Waals surface area contributed by atoms with Crippen LogP contribution in [-0.2, 0) is 4.74 Å². The first-order valence-electron chi connectivity index (χ1n) is 7.56. The van der Waals surface area contributed by atoms with Gasteiger partial charge in [-0.3, -0.25) is 0 Å². The lowest BCUT2D eigenvalue weighted by Gasteiger charge is -2.39. The molecule has 2 heterocycles. The third kappa shape index (κ3) is 2.71. The van der Waals surface area contributed by atoms with Crippen LogP contribution in [0.5, 0.6) is 0 Å². The molecule has 0 spiro atoms. The first kappa shape index (κ1) is 15.3. The summed E-state index contributed by atoms with van der Waals surface area (Å²) in [6.07, 6.45) is 2.87. The number of carbonyl (C=O) groups is 1. The van der Waals surface area contributed by atoms with Crippen LogP contribution in [0.1, 0.15) is 36.4 Å². The van der Waals surface area contributed by atoms with Gasteiger partial charge in [0.1, 0.15) is 11.3 Å². The maximum atomic E-state index is 11.8. The van der Waals surface area contributed by atoms with Crippen LogP contribution >= 0.6 is 11.3 Å². The maximum Gasteiger partial charge on any atom is 0.409 e. The number of rotatable bonds is 0. The van der Waals surface area contributed by atoms with E-state index >= 15 is 0 Å². The van der Waals surface area contributed by atoms with Crippen LogP contribution in [0, 0.1) is 24.7 Å². The van der Waals surface area contributed by atoms with E-state index in [0.717, 1.165) is 24.3 Å². The minimum absolute atomic E-state index is 0.00687. The lowest BCUT2D eigenvalue weighted by molar-refractivity contribution is -0.0136. The summed E-state index contributed by atoms with van der Waals surface area (Å²) in [5, 5.41) is 13.9. The van der Waals surface area contributed by atoms with Crippen LogP contribution in [-0.4, -0.2) is 46.4 Å². The lowest BCUT2D eigenvalue weighted by atomic mass is 9.73. The fourth-order valence-electron chi connectivity index (χ4n) is 3.63. The van der Waals surface area contributed by atoms with E-state index in [2.05, 4.69) is 16.8 Å². The Kier molecular flexibility index (Phi) is 4.11. The molecule has 1 N–H and O–H groups in total. The average Bonchev–Trinajstić information content (AvgIpc) is 3.12. The van der Waals surface area contributed by atoms with Gasteiger partial charge in [0.2, 0.25) is 0 Å². The lowest BCUT2D eigenvalue weighted by Crippen LogP contribution is -2.49. The van der Waals surface area contributed by atoms with Crippen LogP contribution in [0.15, 0.2) is 5.38 Å². The molecule has 3 atom stereocenters. The highest BCUT2D eigenvalue weighted by Crippen LogP contribution is 2.42. The molecule has 5 nitrogen and oxygen atoms in total. The minimum atomic E-state index is -1.04. The Labute approximate surface area is 134 Å². The van der Waals surface area contributed by atoms with Crippen molar-refractivity contribution in [1.29, 1.82) is 0 Å². The number of amides is 1. The van der Waals surface area contributed by atoms with E-state index in [1.54, 1.807) is 16.2 Å². The molecule has 1 aromatic rings. The molecule has 1 aliphatic carbocycles.